The number of carboxylic acid groups (broad SMARTS) is 1. The van der Waals surface area contributed by atoms with E-state index in [9.17, 15) is 34.9 Å². The molecule has 0 aliphatic carbocycles. The molecule has 1 atom stereocenters. The SMILES string of the molecule is O=C(N[C@@H](Cc1cncn1-c1ccc([N+](=O)[O-])cc1[N+](=O)[O-])C(=O)O)OCc1ccccc1. The van der Waals surface area contributed by atoms with Gasteiger partial charge in [-0.25, -0.2) is 14.6 Å². The van der Waals surface area contributed by atoms with E-state index in [0.29, 0.717) is 5.56 Å². The first-order valence-corrected chi connectivity index (χ1v) is 9.40. The number of nitro groups is 2. The molecule has 170 valence electrons. The number of benzene rings is 2. The summed E-state index contributed by atoms with van der Waals surface area (Å²) in [6, 6.07) is 10.4. The first kappa shape index (κ1) is 22.9. The molecule has 33 heavy (non-hydrogen) atoms. The number of carbonyl (C=O) groups is 2. The van der Waals surface area contributed by atoms with Crippen LogP contribution in [-0.2, 0) is 22.6 Å². The topological polar surface area (TPSA) is 180 Å². The molecule has 0 radical (unpaired) electrons. The van der Waals surface area contributed by atoms with Crippen LogP contribution >= 0.6 is 0 Å². The number of carbonyl (C=O) groups excluding carboxylic acids is 1. The molecule has 3 rings (SSSR count). The molecule has 0 saturated heterocycles. The van der Waals surface area contributed by atoms with E-state index < -0.39 is 39.3 Å². The quantitative estimate of drug-likeness (QED) is 0.362. The Hall–Kier alpha value is -4.81. The molecular weight excluding hydrogens is 438 g/mol. The summed E-state index contributed by atoms with van der Waals surface area (Å²) >= 11 is 0. The fourth-order valence-electron chi connectivity index (χ4n) is 2.98. The van der Waals surface area contributed by atoms with E-state index in [1.54, 1.807) is 30.3 Å². The van der Waals surface area contributed by atoms with E-state index in [1.165, 1.54) is 23.2 Å². The number of amides is 1. The van der Waals surface area contributed by atoms with Gasteiger partial charge in [0.1, 0.15) is 18.3 Å². The number of nitrogens with one attached hydrogen (secondary N) is 1. The van der Waals surface area contributed by atoms with Gasteiger partial charge in [-0.15, -0.1) is 0 Å². The maximum Gasteiger partial charge on any atom is 0.408 e. The van der Waals surface area contributed by atoms with Gasteiger partial charge < -0.3 is 15.2 Å². The van der Waals surface area contributed by atoms with Crippen molar-refractivity contribution in [2.45, 2.75) is 19.1 Å². The van der Waals surface area contributed by atoms with Crippen molar-refractivity contribution in [3.63, 3.8) is 0 Å². The molecule has 2 aromatic carbocycles. The van der Waals surface area contributed by atoms with E-state index in [1.807, 2.05) is 0 Å². The van der Waals surface area contributed by atoms with E-state index >= 15 is 0 Å². The fraction of sp³-hybridized carbons (Fsp3) is 0.150. The van der Waals surface area contributed by atoms with Crippen LogP contribution in [0.15, 0.2) is 61.1 Å². The number of rotatable bonds is 9. The van der Waals surface area contributed by atoms with Crippen LogP contribution in [-0.4, -0.2) is 42.6 Å². The number of carboxylic acids is 1. The highest BCUT2D eigenvalue weighted by Gasteiger charge is 2.26. The summed E-state index contributed by atoms with van der Waals surface area (Å²) in [5, 5.41) is 34.2. The summed E-state index contributed by atoms with van der Waals surface area (Å²) in [6.45, 7) is -0.0636. The number of alkyl carbamates (subject to hydrolysis) is 1. The zero-order chi connectivity index (χ0) is 24.0. The molecule has 3 aromatic rings. The average molecular weight is 455 g/mol. The Morgan fingerprint density at radius 1 is 1.12 bits per heavy atom. The van der Waals surface area contributed by atoms with Crippen LogP contribution < -0.4 is 5.32 Å². The second-order valence-corrected chi connectivity index (χ2v) is 6.74. The van der Waals surface area contributed by atoms with Gasteiger partial charge in [-0.1, -0.05) is 30.3 Å². The lowest BCUT2D eigenvalue weighted by Gasteiger charge is -2.16. The van der Waals surface area contributed by atoms with Gasteiger partial charge in [0.15, 0.2) is 0 Å². The minimum absolute atomic E-state index is 0.0473. The Kier molecular flexibility index (Phi) is 6.93. The van der Waals surface area contributed by atoms with Crippen LogP contribution in [0.2, 0.25) is 0 Å². The number of non-ortho nitro benzene ring substituents is 1. The van der Waals surface area contributed by atoms with Gasteiger partial charge in [0, 0.05) is 24.4 Å². The van der Waals surface area contributed by atoms with Gasteiger partial charge in [-0.05, 0) is 11.6 Å². The predicted octanol–water partition coefficient (Wildman–Crippen LogP) is 2.61. The Bertz CT molecular complexity index is 1190. The molecular formula is C20H17N5O8. The normalized spacial score (nSPS) is 11.4. The van der Waals surface area contributed by atoms with Gasteiger partial charge >= 0.3 is 12.1 Å². The molecule has 0 unspecified atom stereocenters. The molecule has 0 bridgehead atoms. The number of hydrogen-bond donors (Lipinski definition) is 2. The second kappa shape index (κ2) is 10.00. The van der Waals surface area contributed by atoms with Gasteiger partial charge in [-0.2, -0.15) is 0 Å². The Morgan fingerprint density at radius 2 is 1.85 bits per heavy atom. The number of nitro benzene ring substituents is 2. The third-order valence-electron chi connectivity index (χ3n) is 4.56. The van der Waals surface area contributed by atoms with Gasteiger partial charge in [0.05, 0.1) is 22.2 Å². The highest BCUT2D eigenvalue weighted by Crippen LogP contribution is 2.29. The number of nitrogens with zero attached hydrogens (tertiary/aromatic N) is 4. The van der Waals surface area contributed by atoms with Crippen LogP contribution in [0.25, 0.3) is 5.69 Å². The van der Waals surface area contributed by atoms with Crippen molar-refractivity contribution >= 4 is 23.4 Å². The maximum atomic E-state index is 12.1. The molecule has 2 N–H and O–H groups in total. The Labute approximate surface area is 185 Å². The summed E-state index contributed by atoms with van der Waals surface area (Å²) in [5.41, 5.74) is -0.163. The van der Waals surface area contributed by atoms with Crippen LogP contribution in [0.3, 0.4) is 0 Å². The van der Waals surface area contributed by atoms with Gasteiger partial charge in [0.25, 0.3) is 11.4 Å². The van der Waals surface area contributed by atoms with E-state index in [-0.39, 0.29) is 24.4 Å². The number of imidazole rings is 1. The van der Waals surface area contributed by atoms with Crippen molar-refractivity contribution in [2.75, 3.05) is 0 Å². The molecule has 13 nitrogen and oxygen atoms in total. The van der Waals surface area contributed by atoms with Crippen molar-refractivity contribution in [1.29, 1.82) is 0 Å². The van der Waals surface area contributed by atoms with E-state index in [2.05, 4.69) is 10.3 Å². The second-order valence-electron chi connectivity index (χ2n) is 6.74. The lowest BCUT2D eigenvalue weighted by Crippen LogP contribution is -2.42. The highest BCUT2D eigenvalue weighted by molar-refractivity contribution is 5.80. The zero-order valence-corrected chi connectivity index (χ0v) is 16.9. The summed E-state index contributed by atoms with van der Waals surface area (Å²) in [5.74, 6) is -1.36. The Morgan fingerprint density at radius 3 is 2.48 bits per heavy atom. The molecule has 0 aliphatic heterocycles. The smallest absolute Gasteiger partial charge is 0.408 e. The molecule has 0 saturated carbocycles. The van der Waals surface area contributed by atoms with Crippen molar-refractivity contribution in [3.05, 3.63) is 92.5 Å². The van der Waals surface area contributed by atoms with Gasteiger partial charge in [-0.3, -0.25) is 24.8 Å². The summed E-state index contributed by atoms with van der Waals surface area (Å²) in [6.07, 6.45) is 1.23. The van der Waals surface area contributed by atoms with Crippen molar-refractivity contribution in [2.24, 2.45) is 0 Å². The average Bonchev–Trinajstić information content (AvgIpc) is 3.25. The molecule has 1 aromatic heterocycles. The van der Waals surface area contributed by atoms with Crippen LogP contribution in [0, 0.1) is 20.2 Å². The lowest BCUT2D eigenvalue weighted by atomic mass is 10.1. The predicted molar refractivity (Wildman–Crippen MR) is 112 cm³/mol. The minimum Gasteiger partial charge on any atom is -0.480 e. The number of ether oxygens (including phenoxy) is 1. The monoisotopic (exact) mass is 455 g/mol. The van der Waals surface area contributed by atoms with Crippen molar-refractivity contribution < 1.29 is 29.3 Å². The molecule has 1 heterocycles. The van der Waals surface area contributed by atoms with E-state index in [4.69, 9.17) is 4.74 Å². The molecule has 0 aliphatic rings. The lowest BCUT2D eigenvalue weighted by molar-refractivity contribution is -0.394. The van der Waals surface area contributed by atoms with Crippen LogP contribution in [0.5, 0.6) is 0 Å². The number of hydrogen-bond acceptors (Lipinski definition) is 8. The minimum atomic E-state index is -1.43. The Balaban J connectivity index is 1.79. The first-order valence-electron chi connectivity index (χ1n) is 9.40. The van der Waals surface area contributed by atoms with Crippen LogP contribution in [0.4, 0.5) is 16.2 Å². The van der Waals surface area contributed by atoms with Crippen molar-refractivity contribution in [1.82, 2.24) is 14.9 Å². The third-order valence-corrected chi connectivity index (χ3v) is 4.56. The first-order chi connectivity index (χ1) is 15.8. The van der Waals surface area contributed by atoms with Crippen molar-refractivity contribution in [3.8, 4) is 5.69 Å². The summed E-state index contributed by atoms with van der Waals surface area (Å²) in [7, 11) is 0. The summed E-state index contributed by atoms with van der Waals surface area (Å²) in [4.78, 5) is 48.5. The fourth-order valence-corrected chi connectivity index (χ4v) is 2.98. The van der Waals surface area contributed by atoms with Gasteiger partial charge in [0.2, 0.25) is 0 Å². The zero-order valence-electron chi connectivity index (χ0n) is 16.9. The third kappa shape index (κ3) is 5.66. The molecule has 13 heteroatoms. The molecule has 1 amide bonds. The number of aromatic nitrogens is 2. The largest absolute Gasteiger partial charge is 0.480 e. The standard InChI is InChI=1S/C20H17N5O8/c26-19(27)16(22-20(28)33-11-13-4-2-1-3-5-13)8-15-10-21-12-23(15)17-7-6-14(24(29)30)9-18(17)25(31)32/h1-7,9-10,12,16H,8,11H2,(H,22,28)(H,26,27)/t16-/m0/s1. The molecule has 0 fully saturated rings. The maximum absolute atomic E-state index is 12.1. The van der Waals surface area contributed by atoms with E-state index in [0.717, 1.165) is 12.1 Å². The number of aliphatic carboxylic acids is 1. The van der Waals surface area contributed by atoms with Crippen LogP contribution in [0.1, 0.15) is 11.3 Å². The highest BCUT2D eigenvalue weighted by atomic mass is 16.6. The molecule has 0 spiro atoms. The summed E-state index contributed by atoms with van der Waals surface area (Å²) < 4.78 is 6.27.